The average molecular weight is 644 g/mol. The summed E-state index contributed by atoms with van der Waals surface area (Å²) in [7, 11) is -1.12. The van der Waals surface area contributed by atoms with Crippen molar-refractivity contribution in [2.24, 2.45) is 0 Å². The quantitative estimate of drug-likeness (QED) is 0.208. The van der Waals surface area contributed by atoms with Gasteiger partial charge in [-0.2, -0.15) is 0 Å². The van der Waals surface area contributed by atoms with E-state index in [4.69, 9.17) is 9.47 Å². The Bertz CT molecular complexity index is 1710. The lowest BCUT2D eigenvalue weighted by atomic mass is 10.0. The first-order valence-electron chi connectivity index (χ1n) is 14.9. The van der Waals surface area contributed by atoms with Crippen LogP contribution in [-0.2, 0) is 32.6 Å². The highest BCUT2D eigenvalue weighted by Crippen LogP contribution is 2.27. The fraction of sp³-hybridized carbons (Fsp3) is 0.278. The summed E-state index contributed by atoms with van der Waals surface area (Å²) in [5, 5.41) is 3.03. The van der Waals surface area contributed by atoms with Gasteiger partial charge in [-0.25, -0.2) is 8.42 Å². The van der Waals surface area contributed by atoms with E-state index < -0.39 is 34.1 Å². The number of benzene rings is 4. The molecule has 46 heavy (non-hydrogen) atoms. The predicted molar refractivity (Wildman–Crippen MR) is 179 cm³/mol. The third kappa shape index (κ3) is 8.88. The number of rotatable bonds is 13. The van der Waals surface area contributed by atoms with E-state index >= 15 is 0 Å². The number of carbonyl (C=O) groups excluding carboxylic acids is 2. The predicted octanol–water partition coefficient (Wildman–Crippen LogP) is 5.45. The van der Waals surface area contributed by atoms with Gasteiger partial charge in [-0.15, -0.1) is 0 Å². The van der Waals surface area contributed by atoms with Gasteiger partial charge in [0.05, 0.1) is 24.8 Å². The van der Waals surface area contributed by atoms with E-state index in [-0.39, 0.29) is 29.5 Å². The number of amides is 2. The Hall–Kier alpha value is -4.83. The Morgan fingerprint density at radius 2 is 1.35 bits per heavy atom. The summed E-state index contributed by atoms with van der Waals surface area (Å²) in [6.45, 7) is 5.10. The molecule has 4 rings (SSSR count). The minimum absolute atomic E-state index is 0.0317. The van der Waals surface area contributed by atoms with Crippen LogP contribution in [0.4, 0.5) is 5.69 Å². The highest BCUT2D eigenvalue weighted by molar-refractivity contribution is 7.92. The lowest BCUT2D eigenvalue weighted by Crippen LogP contribution is -2.56. The van der Waals surface area contributed by atoms with E-state index in [1.165, 1.54) is 24.1 Å². The van der Waals surface area contributed by atoms with Gasteiger partial charge < -0.3 is 19.7 Å². The largest absolute Gasteiger partial charge is 0.497 e. The molecule has 0 bridgehead atoms. The first-order valence-corrected chi connectivity index (χ1v) is 16.4. The lowest BCUT2D eigenvalue weighted by molar-refractivity contribution is -0.140. The zero-order valence-corrected chi connectivity index (χ0v) is 27.7. The Kier molecular flexibility index (Phi) is 11.1. The van der Waals surface area contributed by atoms with Crippen LogP contribution in [0.1, 0.15) is 31.9 Å². The van der Waals surface area contributed by atoms with Gasteiger partial charge in [0.15, 0.2) is 0 Å². The van der Waals surface area contributed by atoms with Crippen molar-refractivity contribution in [1.82, 2.24) is 10.2 Å². The van der Waals surface area contributed by atoms with E-state index in [1.807, 2.05) is 63.2 Å². The third-order valence-electron chi connectivity index (χ3n) is 7.23. The van der Waals surface area contributed by atoms with E-state index in [1.54, 1.807) is 61.7 Å². The second-order valence-corrected chi connectivity index (χ2v) is 13.7. The van der Waals surface area contributed by atoms with Crippen LogP contribution in [0.25, 0.3) is 0 Å². The Labute approximate surface area is 271 Å². The van der Waals surface area contributed by atoms with Crippen molar-refractivity contribution in [1.29, 1.82) is 0 Å². The molecule has 4 aromatic rings. The molecule has 0 aliphatic heterocycles. The molecule has 4 aromatic carbocycles. The number of carbonyl (C=O) groups is 2. The zero-order chi connectivity index (χ0) is 33.3. The molecule has 0 saturated carbocycles. The number of ether oxygens (including phenoxy) is 2. The molecule has 9 nitrogen and oxygen atoms in total. The monoisotopic (exact) mass is 643 g/mol. The Morgan fingerprint density at radius 3 is 1.93 bits per heavy atom. The van der Waals surface area contributed by atoms with E-state index in [0.717, 1.165) is 15.4 Å². The van der Waals surface area contributed by atoms with Crippen LogP contribution < -0.4 is 19.1 Å². The van der Waals surface area contributed by atoms with Crippen LogP contribution in [-0.4, -0.2) is 57.5 Å². The van der Waals surface area contributed by atoms with Crippen molar-refractivity contribution < 1.29 is 27.5 Å². The van der Waals surface area contributed by atoms with Crippen LogP contribution in [0.15, 0.2) is 114 Å². The van der Waals surface area contributed by atoms with Crippen molar-refractivity contribution in [3.05, 3.63) is 120 Å². The molecule has 2 amide bonds. The molecule has 0 aliphatic carbocycles. The van der Waals surface area contributed by atoms with Gasteiger partial charge in [-0.3, -0.25) is 13.9 Å². The lowest BCUT2D eigenvalue weighted by Gasteiger charge is -2.35. The smallest absolute Gasteiger partial charge is 0.264 e. The summed E-state index contributed by atoms with van der Waals surface area (Å²) in [5.41, 5.74) is 1.26. The van der Waals surface area contributed by atoms with Crippen molar-refractivity contribution in [3.8, 4) is 11.5 Å². The molecule has 1 N–H and O–H groups in total. The van der Waals surface area contributed by atoms with E-state index in [9.17, 15) is 18.0 Å². The topological polar surface area (TPSA) is 105 Å². The fourth-order valence-electron chi connectivity index (χ4n) is 4.97. The number of methoxy groups -OCH3 is 2. The molecule has 0 unspecified atom stereocenters. The maximum Gasteiger partial charge on any atom is 0.264 e. The summed E-state index contributed by atoms with van der Waals surface area (Å²) < 4.78 is 40.0. The SMILES string of the molecule is COc1ccc(N(CC(=O)N(Cc2cccc(OC)c2)[C@@H](Cc2ccccc2)C(=O)NC(C)(C)C)S(=O)(=O)c2ccccc2)cc1. The third-order valence-corrected chi connectivity index (χ3v) is 9.01. The van der Waals surface area contributed by atoms with E-state index in [0.29, 0.717) is 11.5 Å². The van der Waals surface area contributed by atoms with Crippen molar-refractivity contribution in [2.45, 2.75) is 50.2 Å². The summed E-state index contributed by atoms with van der Waals surface area (Å²) in [6.07, 6.45) is 0.215. The number of anilines is 1. The summed E-state index contributed by atoms with van der Waals surface area (Å²) in [5.74, 6) is 0.223. The first-order chi connectivity index (χ1) is 21.9. The van der Waals surface area contributed by atoms with Crippen LogP contribution >= 0.6 is 0 Å². The number of hydrogen-bond acceptors (Lipinski definition) is 6. The van der Waals surface area contributed by atoms with Crippen molar-refractivity contribution in [3.63, 3.8) is 0 Å². The summed E-state index contributed by atoms with van der Waals surface area (Å²) >= 11 is 0. The second kappa shape index (κ2) is 15.0. The molecule has 10 heteroatoms. The highest BCUT2D eigenvalue weighted by atomic mass is 32.2. The minimum Gasteiger partial charge on any atom is -0.497 e. The molecule has 0 saturated heterocycles. The molecule has 0 aromatic heterocycles. The average Bonchev–Trinajstić information content (AvgIpc) is 3.05. The molecule has 0 fully saturated rings. The summed E-state index contributed by atoms with van der Waals surface area (Å²) in [4.78, 5) is 30.1. The van der Waals surface area contributed by atoms with Gasteiger partial charge in [0.1, 0.15) is 24.1 Å². The first kappa shape index (κ1) is 34.1. The molecule has 0 heterocycles. The van der Waals surface area contributed by atoms with Gasteiger partial charge in [-0.1, -0.05) is 60.7 Å². The van der Waals surface area contributed by atoms with Crippen LogP contribution in [0.5, 0.6) is 11.5 Å². The van der Waals surface area contributed by atoms with Gasteiger partial charge in [0, 0.05) is 18.5 Å². The normalized spacial score (nSPS) is 12.1. The second-order valence-electron chi connectivity index (χ2n) is 11.8. The molecule has 242 valence electrons. The zero-order valence-electron chi connectivity index (χ0n) is 26.8. The van der Waals surface area contributed by atoms with Gasteiger partial charge in [-0.05, 0) is 80.4 Å². The summed E-state index contributed by atoms with van der Waals surface area (Å²) in [6, 6.07) is 30.1. The fourth-order valence-corrected chi connectivity index (χ4v) is 6.41. The molecular formula is C36H41N3O6S. The maximum absolute atomic E-state index is 14.6. The number of nitrogens with one attached hydrogen (secondary N) is 1. The molecule has 0 spiro atoms. The number of sulfonamides is 1. The van der Waals surface area contributed by atoms with Gasteiger partial charge in [0.25, 0.3) is 10.0 Å². The van der Waals surface area contributed by atoms with Crippen LogP contribution in [0, 0.1) is 0 Å². The molecular weight excluding hydrogens is 602 g/mol. The molecule has 1 atom stereocenters. The van der Waals surface area contributed by atoms with Gasteiger partial charge in [0.2, 0.25) is 11.8 Å². The number of hydrogen-bond donors (Lipinski definition) is 1. The Balaban J connectivity index is 1.82. The Morgan fingerprint density at radius 1 is 0.761 bits per heavy atom. The van der Waals surface area contributed by atoms with Crippen LogP contribution in [0.2, 0.25) is 0 Å². The van der Waals surface area contributed by atoms with E-state index in [2.05, 4.69) is 5.32 Å². The van der Waals surface area contributed by atoms with Crippen molar-refractivity contribution >= 4 is 27.5 Å². The minimum atomic E-state index is -4.19. The van der Waals surface area contributed by atoms with Crippen LogP contribution in [0.3, 0.4) is 0 Å². The standard InChI is InChI=1S/C36H41N3O6S/c1-36(2,3)37-35(41)33(24-27-13-8-6-9-14-27)38(25-28-15-12-16-31(23-28)45-5)34(40)26-39(29-19-21-30(44-4)22-20-29)46(42,43)32-17-10-7-11-18-32/h6-23,33H,24-26H2,1-5H3,(H,37,41)/t33-/m0/s1. The molecule has 0 radical (unpaired) electrons. The highest BCUT2D eigenvalue weighted by Gasteiger charge is 2.35. The maximum atomic E-state index is 14.6. The van der Waals surface area contributed by atoms with Gasteiger partial charge >= 0.3 is 0 Å². The van der Waals surface area contributed by atoms with Crippen molar-refractivity contribution in [2.75, 3.05) is 25.1 Å². The number of nitrogens with zero attached hydrogens (tertiary/aromatic N) is 2. The molecule has 0 aliphatic rings.